The third-order valence-electron chi connectivity index (χ3n) is 2.14. The van der Waals surface area contributed by atoms with Crippen molar-refractivity contribution in [2.24, 2.45) is 0 Å². The van der Waals surface area contributed by atoms with Crippen molar-refractivity contribution in [3.8, 4) is 10.4 Å². The van der Waals surface area contributed by atoms with Crippen LogP contribution in [0.3, 0.4) is 0 Å². The Morgan fingerprint density at radius 3 is 2.56 bits per heavy atom. The molecule has 7 heteroatoms. The zero-order valence-electron chi connectivity index (χ0n) is 8.66. The third-order valence-corrected chi connectivity index (χ3v) is 3.53. The maximum atomic E-state index is 12.4. The minimum atomic E-state index is -4.46. The fourth-order valence-corrected chi connectivity index (χ4v) is 2.50. The average Bonchev–Trinajstić information content (AvgIpc) is 2.77. The maximum absolute atomic E-state index is 12.4. The Morgan fingerprint density at radius 1 is 1.33 bits per heavy atom. The van der Waals surface area contributed by atoms with E-state index in [1.807, 2.05) is 0 Å². The van der Waals surface area contributed by atoms with Crippen molar-refractivity contribution in [2.45, 2.75) is 6.18 Å². The summed E-state index contributed by atoms with van der Waals surface area (Å²) in [6.45, 7) is 0. The first-order valence-corrected chi connectivity index (χ1v) is 5.89. The summed E-state index contributed by atoms with van der Waals surface area (Å²) >= 11 is 6.42. The van der Waals surface area contributed by atoms with Crippen LogP contribution in [0.4, 0.5) is 13.2 Å². The molecule has 0 aliphatic rings. The molecule has 0 atom stereocenters. The smallest absolute Gasteiger partial charge is 0.298 e. The largest absolute Gasteiger partial charge is 0.443 e. The summed E-state index contributed by atoms with van der Waals surface area (Å²) in [5, 5.41) is -0.704. The lowest BCUT2D eigenvalue weighted by Crippen LogP contribution is -2.02. The van der Waals surface area contributed by atoms with Gasteiger partial charge in [-0.2, -0.15) is 13.2 Å². The van der Waals surface area contributed by atoms with Crippen LogP contribution in [0.15, 0.2) is 24.4 Å². The molecular formula is C11H5ClF3NOS. The number of halogens is 4. The SMILES string of the molecule is O=Cc1ccc(-c2cnc(C(F)(F)F)s2)c(Cl)c1. The number of hydrogen-bond donors (Lipinski definition) is 0. The fraction of sp³-hybridized carbons (Fsp3) is 0.0909. The minimum Gasteiger partial charge on any atom is -0.298 e. The molecule has 0 saturated carbocycles. The van der Waals surface area contributed by atoms with Crippen LogP contribution in [0.1, 0.15) is 15.4 Å². The van der Waals surface area contributed by atoms with Crippen molar-refractivity contribution >= 4 is 29.2 Å². The molecule has 1 aromatic heterocycles. The Hall–Kier alpha value is -1.40. The van der Waals surface area contributed by atoms with Gasteiger partial charge in [0, 0.05) is 22.3 Å². The predicted octanol–water partition coefficient (Wildman–Crippen LogP) is 4.29. The van der Waals surface area contributed by atoms with E-state index in [1.54, 1.807) is 0 Å². The van der Waals surface area contributed by atoms with Gasteiger partial charge in [-0.05, 0) is 6.07 Å². The van der Waals surface area contributed by atoms with E-state index >= 15 is 0 Å². The van der Waals surface area contributed by atoms with Crippen molar-refractivity contribution < 1.29 is 18.0 Å². The van der Waals surface area contributed by atoms with Crippen LogP contribution in [-0.2, 0) is 6.18 Å². The van der Waals surface area contributed by atoms with Gasteiger partial charge in [-0.1, -0.05) is 23.7 Å². The van der Waals surface area contributed by atoms with Gasteiger partial charge in [-0.25, -0.2) is 4.98 Å². The Labute approximate surface area is 109 Å². The van der Waals surface area contributed by atoms with Gasteiger partial charge in [0.25, 0.3) is 0 Å². The highest BCUT2D eigenvalue weighted by atomic mass is 35.5. The topological polar surface area (TPSA) is 30.0 Å². The van der Waals surface area contributed by atoms with Crippen LogP contribution < -0.4 is 0 Å². The zero-order chi connectivity index (χ0) is 13.3. The second kappa shape index (κ2) is 4.70. The van der Waals surface area contributed by atoms with Crippen molar-refractivity contribution in [1.82, 2.24) is 4.98 Å². The molecule has 0 aliphatic heterocycles. The highest BCUT2D eigenvalue weighted by Crippen LogP contribution is 2.38. The van der Waals surface area contributed by atoms with Crippen molar-refractivity contribution in [1.29, 1.82) is 0 Å². The minimum absolute atomic E-state index is 0.219. The summed E-state index contributed by atoms with van der Waals surface area (Å²) in [5.41, 5.74) is 0.791. The number of alkyl halides is 3. The first-order chi connectivity index (χ1) is 8.41. The lowest BCUT2D eigenvalue weighted by molar-refractivity contribution is -0.137. The van der Waals surface area contributed by atoms with Crippen LogP contribution in [0, 0.1) is 0 Å². The number of carbonyl (C=O) groups is 1. The molecule has 0 saturated heterocycles. The molecule has 2 aromatic rings. The number of thiazole rings is 1. The van der Waals surface area contributed by atoms with Crippen LogP contribution in [0.5, 0.6) is 0 Å². The lowest BCUT2D eigenvalue weighted by atomic mass is 10.1. The van der Waals surface area contributed by atoms with Gasteiger partial charge < -0.3 is 0 Å². The lowest BCUT2D eigenvalue weighted by Gasteiger charge is -2.02. The highest BCUT2D eigenvalue weighted by Gasteiger charge is 2.34. The molecule has 18 heavy (non-hydrogen) atoms. The van der Waals surface area contributed by atoms with Crippen molar-refractivity contribution in [2.75, 3.05) is 0 Å². The molecule has 0 amide bonds. The van der Waals surface area contributed by atoms with Gasteiger partial charge in [-0.3, -0.25) is 4.79 Å². The van der Waals surface area contributed by atoms with E-state index in [1.165, 1.54) is 18.2 Å². The van der Waals surface area contributed by atoms with Gasteiger partial charge in [-0.15, -0.1) is 11.3 Å². The van der Waals surface area contributed by atoms with Crippen molar-refractivity contribution in [3.63, 3.8) is 0 Å². The van der Waals surface area contributed by atoms with E-state index in [0.29, 0.717) is 33.6 Å². The van der Waals surface area contributed by atoms with Gasteiger partial charge in [0.05, 0.1) is 4.88 Å². The van der Waals surface area contributed by atoms with Crippen LogP contribution >= 0.6 is 22.9 Å². The van der Waals surface area contributed by atoms with Gasteiger partial charge in [0.2, 0.25) is 0 Å². The summed E-state index contributed by atoms with van der Waals surface area (Å²) in [6.07, 6.45) is -2.73. The van der Waals surface area contributed by atoms with Gasteiger partial charge in [0.15, 0.2) is 5.01 Å². The van der Waals surface area contributed by atoms with Crippen molar-refractivity contribution in [3.05, 3.63) is 40.0 Å². The highest BCUT2D eigenvalue weighted by molar-refractivity contribution is 7.15. The van der Waals surface area contributed by atoms with Gasteiger partial charge >= 0.3 is 6.18 Å². The second-order valence-corrected chi connectivity index (χ2v) is 4.82. The number of aromatic nitrogens is 1. The van der Waals surface area contributed by atoms with Crippen LogP contribution in [0.2, 0.25) is 5.02 Å². The number of aldehydes is 1. The summed E-state index contributed by atoms with van der Waals surface area (Å²) < 4.78 is 37.2. The Balaban J connectivity index is 2.43. The predicted molar refractivity (Wildman–Crippen MR) is 62.9 cm³/mol. The molecule has 0 fully saturated rings. The summed E-state index contributed by atoms with van der Waals surface area (Å²) in [4.78, 5) is 14.1. The summed E-state index contributed by atoms with van der Waals surface area (Å²) in [5.74, 6) is 0. The molecule has 94 valence electrons. The summed E-state index contributed by atoms with van der Waals surface area (Å²) in [6, 6.07) is 4.39. The van der Waals surface area contributed by atoms with E-state index in [0.717, 1.165) is 6.20 Å². The van der Waals surface area contributed by atoms with Gasteiger partial charge in [0.1, 0.15) is 6.29 Å². The van der Waals surface area contributed by atoms with E-state index < -0.39 is 11.2 Å². The Kier molecular flexibility index (Phi) is 3.41. The van der Waals surface area contributed by atoms with E-state index in [9.17, 15) is 18.0 Å². The third kappa shape index (κ3) is 2.54. The molecule has 0 unspecified atom stereocenters. The number of carbonyl (C=O) groups excluding carboxylic acids is 1. The average molecular weight is 292 g/mol. The first-order valence-electron chi connectivity index (χ1n) is 4.70. The van der Waals surface area contributed by atoms with Crippen LogP contribution in [0.25, 0.3) is 10.4 Å². The number of benzene rings is 1. The van der Waals surface area contributed by atoms with E-state index in [-0.39, 0.29) is 5.02 Å². The maximum Gasteiger partial charge on any atom is 0.443 e. The molecule has 1 heterocycles. The first kappa shape index (κ1) is 13.0. The van der Waals surface area contributed by atoms with Crippen LogP contribution in [-0.4, -0.2) is 11.3 Å². The number of nitrogens with zero attached hydrogens (tertiary/aromatic N) is 1. The molecule has 2 rings (SSSR count). The molecule has 2 nitrogen and oxygen atoms in total. The molecule has 1 aromatic carbocycles. The Bertz CT molecular complexity index is 594. The number of rotatable bonds is 2. The Morgan fingerprint density at radius 2 is 2.06 bits per heavy atom. The second-order valence-electron chi connectivity index (χ2n) is 3.38. The summed E-state index contributed by atoms with van der Waals surface area (Å²) in [7, 11) is 0. The zero-order valence-corrected chi connectivity index (χ0v) is 10.2. The molecule has 0 radical (unpaired) electrons. The fourth-order valence-electron chi connectivity index (χ4n) is 1.33. The molecular weight excluding hydrogens is 287 g/mol. The molecule has 0 N–H and O–H groups in total. The quantitative estimate of drug-likeness (QED) is 0.772. The monoisotopic (exact) mass is 291 g/mol. The molecule has 0 aliphatic carbocycles. The molecule has 0 spiro atoms. The van der Waals surface area contributed by atoms with E-state index in [2.05, 4.69) is 4.98 Å². The molecule has 0 bridgehead atoms. The normalized spacial score (nSPS) is 11.6. The standard InChI is InChI=1S/C11H5ClF3NOS/c12-8-3-6(5-17)1-2-7(8)9-4-16-10(18-9)11(13,14)15/h1-5H. The van der Waals surface area contributed by atoms with E-state index in [4.69, 9.17) is 11.6 Å². The number of hydrogen-bond acceptors (Lipinski definition) is 3.